The fraction of sp³-hybridized carbons (Fsp3) is 1.00. The van der Waals surface area contributed by atoms with Crippen LogP contribution in [0.5, 0.6) is 0 Å². The molecule has 4 unspecified atom stereocenters. The van der Waals surface area contributed by atoms with Crippen LogP contribution >= 0.6 is 0 Å². The molecule has 0 radical (unpaired) electrons. The summed E-state index contributed by atoms with van der Waals surface area (Å²) >= 11 is 0. The smallest absolute Gasteiger partial charge is 0.0561 e. The van der Waals surface area contributed by atoms with Crippen molar-refractivity contribution in [1.82, 2.24) is 10.2 Å². The van der Waals surface area contributed by atoms with Crippen LogP contribution in [0.2, 0.25) is 0 Å². The molecule has 3 aliphatic heterocycles. The third-order valence-electron chi connectivity index (χ3n) is 5.35. The van der Waals surface area contributed by atoms with Crippen LogP contribution in [0.25, 0.3) is 0 Å². The number of hydrogen-bond acceptors (Lipinski definition) is 3. The van der Waals surface area contributed by atoms with Crippen molar-refractivity contribution < 1.29 is 4.74 Å². The van der Waals surface area contributed by atoms with Crippen LogP contribution in [-0.4, -0.2) is 48.3 Å². The van der Waals surface area contributed by atoms with Crippen molar-refractivity contribution in [2.45, 2.75) is 89.1 Å². The summed E-state index contributed by atoms with van der Waals surface area (Å²) in [5.74, 6) is 0. The van der Waals surface area contributed by atoms with Crippen molar-refractivity contribution in [2.75, 3.05) is 13.2 Å². The molecule has 3 rings (SSSR count). The van der Waals surface area contributed by atoms with E-state index in [1.807, 2.05) is 0 Å². The first-order valence-corrected chi connectivity index (χ1v) is 8.40. The number of ether oxygens (including phenoxy) is 1. The number of rotatable bonds is 4. The molecule has 110 valence electrons. The van der Waals surface area contributed by atoms with Gasteiger partial charge < -0.3 is 10.1 Å². The Bertz CT molecular complexity index is 282. The maximum absolute atomic E-state index is 5.72. The summed E-state index contributed by atoms with van der Waals surface area (Å²) in [4.78, 5) is 2.89. The summed E-state index contributed by atoms with van der Waals surface area (Å²) in [5, 5.41) is 3.75. The summed E-state index contributed by atoms with van der Waals surface area (Å²) in [7, 11) is 0. The maximum atomic E-state index is 5.72. The molecular formula is C16H30N2O. The molecule has 1 N–H and O–H groups in total. The Kier molecular flexibility index (Phi) is 4.45. The molecule has 3 nitrogen and oxygen atoms in total. The van der Waals surface area contributed by atoms with Crippen molar-refractivity contribution >= 4 is 0 Å². The van der Waals surface area contributed by atoms with Crippen LogP contribution in [0.1, 0.15) is 58.8 Å². The lowest BCUT2D eigenvalue weighted by molar-refractivity contribution is -0.0413. The second kappa shape index (κ2) is 6.11. The minimum atomic E-state index is 0.467. The molecule has 0 spiro atoms. The largest absolute Gasteiger partial charge is 0.378 e. The molecule has 3 heteroatoms. The van der Waals surface area contributed by atoms with E-state index in [0.29, 0.717) is 6.10 Å². The van der Waals surface area contributed by atoms with E-state index in [-0.39, 0.29) is 0 Å². The van der Waals surface area contributed by atoms with E-state index in [1.54, 1.807) is 0 Å². The standard InChI is InChI=1S/C16H30N2O/c1-3-7-17-13-10-14-4-5-15(11-13)18(14)16-6-8-19-12(2)9-16/h12-17H,3-11H2,1-2H3. The zero-order valence-corrected chi connectivity index (χ0v) is 12.6. The third-order valence-corrected chi connectivity index (χ3v) is 5.35. The lowest BCUT2D eigenvalue weighted by Gasteiger charge is -2.46. The molecule has 0 aromatic rings. The molecule has 4 atom stereocenters. The lowest BCUT2D eigenvalue weighted by Crippen LogP contribution is -2.54. The van der Waals surface area contributed by atoms with Crippen LogP contribution in [0.3, 0.4) is 0 Å². The van der Waals surface area contributed by atoms with Crippen LogP contribution in [-0.2, 0) is 4.74 Å². The summed E-state index contributed by atoms with van der Waals surface area (Å²) in [6.45, 7) is 6.67. The predicted octanol–water partition coefficient (Wildman–Crippen LogP) is 2.55. The number of nitrogens with zero attached hydrogens (tertiary/aromatic N) is 1. The molecule has 0 aliphatic carbocycles. The zero-order valence-electron chi connectivity index (χ0n) is 12.6. The van der Waals surface area contributed by atoms with Gasteiger partial charge in [0.25, 0.3) is 0 Å². The highest BCUT2D eigenvalue weighted by Crippen LogP contribution is 2.39. The fourth-order valence-corrected chi connectivity index (χ4v) is 4.57. The Labute approximate surface area is 118 Å². The van der Waals surface area contributed by atoms with E-state index < -0.39 is 0 Å². The highest BCUT2D eigenvalue weighted by atomic mass is 16.5. The van der Waals surface area contributed by atoms with Gasteiger partial charge in [0.1, 0.15) is 0 Å². The van der Waals surface area contributed by atoms with Gasteiger partial charge >= 0.3 is 0 Å². The highest BCUT2D eigenvalue weighted by molar-refractivity contribution is 5.00. The first kappa shape index (κ1) is 13.8. The zero-order chi connectivity index (χ0) is 13.2. The second-order valence-electron chi connectivity index (χ2n) is 6.81. The summed E-state index contributed by atoms with van der Waals surface area (Å²) in [6.07, 6.45) is 9.85. The monoisotopic (exact) mass is 266 g/mol. The molecule has 0 amide bonds. The molecule has 3 fully saturated rings. The fourth-order valence-electron chi connectivity index (χ4n) is 4.57. The first-order valence-electron chi connectivity index (χ1n) is 8.40. The van der Waals surface area contributed by atoms with Gasteiger partial charge in [0.15, 0.2) is 0 Å². The van der Waals surface area contributed by atoms with Crippen LogP contribution in [0, 0.1) is 0 Å². The van der Waals surface area contributed by atoms with Crippen molar-refractivity contribution in [3.63, 3.8) is 0 Å². The van der Waals surface area contributed by atoms with E-state index in [4.69, 9.17) is 4.74 Å². The molecule has 3 saturated heterocycles. The van der Waals surface area contributed by atoms with Gasteiger partial charge in [0.2, 0.25) is 0 Å². The predicted molar refractivity (Wildman–Crippen MR) is 78.4 cm³/mol. The molecule has 3 aliphatic rings. The van der Waals surface area contributed by atoms with Crippen molar-refractivity contribution in [3.8, 4) is 0 Å². The minimum absolute atomic E-state index is 0.467. The molecule has 19 heavy (non-hydrogen) atoms. The van der Waals surface area contributed by atoms with Gasteiger partial charge in [-0.25, -0.2) is 0 Å². The van der Waals surface area contributed by atoms with Gasteiger partial charge in [-0.05, 0) is 58.4 Å². The van der Waals surface area contributed by atoms with E-state index >= 15 is 0 Å². The molecular weight excluding hydrogens is 236 g/mol. The second-order valence-corrected chi connectivity index (χ2v) is 6.81. The third kappa shape index (κ3) is 2.98. The van der Waals surface area contributed by atoms with Gasteiger partial charge in [-0.3, -0.25) is 4.90 Å². The molecule has 0 aromatic carbocycles. The summed E-state index contributed by atoms with van der Waals surface area (Å²) in [6, 6.07) is 3.28. The number of piperidine rings is 1. The Hall–Kier alpha value is -0.120. The SMILES string of the molecule is CCCNC1CC2CCC(C1)N2C1CCOC(C)C1. The number of hydrogen-bond donors (Lipinski definition) is 1. The van der Waals surface area contributed by atoms with Gasteiger partial charge in [0.05, 0.1) is 6.10 Å². The minimum Gasteiger partial charge on any atom is -0.378 e. The molecule has 2 bridgehead atoms. The van der Waals surface area contributed by atoms with Crippen LogP contribution in [0.4, 0.5) is 0 Å². The molecule has 0 aromatic heterocycles. The Balaban J connectivity index is 1.59. The van der Waals surface area contributed by atoms with Crippen molar-refractivity contribution in [3.05, 3.63) is 0 Å². The van der Waals surface area contributed by atoms with Gasteiger partial charge in [-0.1, -0.05) is 6.92 Å². The van der Waals surface area contributed by atoms with Crippen LogP contribution in [0.15, 0.2) is 0 Å². The number of fused-ring (bicyclic) bond motifs is 2. The van der Waals surface area contributed by atoms with E-state index in [1.165, 1.54) is 51.5 Å². The van der Waals surface area contributed by atoms with Gasteiger partial charge in [-0.2, -0.15) is 0 Å². The Morgan fingerprint density at radius 2 is 1.74 bits per heavy atom. The summed E-state index contributed by atoms with van der Waals surface area (Å²) < 4.78 is 5.72. The van der Waals surface area contributed by atoms with E-state index in [2.05, 4.69) is 24.1 Å². The van der Waals surface area contributed by atoms with Crippen LogP contribution < -0.4 is 5.32 Å². The van der Waals surface area contributed by atoms with E-state index in [9.17, 15) is 0 Å². The quantitative estimate of drug-likeness (QED) is 0.846. The highest BCUT2D eigenvalue weighted by Gasteiger charge is 2.44. The lowest BCUT2D eigenvalue weighted by atomic mass is 9.92. The number of nitrogens with one attached hydrogen (secondary N) is 1. The van der Waals surface area contributed by atoms with Gasteiger partial charge in [0, 0.05) is 30.8 Å². The normalized spacial score (nSPS) is 43.6. The topological polar surface area (TPSA) is 24.5 Å². The molecule has 3 heterocycles. The Morgan fingerprint density at radius 1 is 1.05 bits per heavy atom. The summed E-state index contributed by atoms with van der Waals surface area (Å²) in [5.41, 5.74) is 0. The average molecular weight is 266 g/mol. The maximum Gasteiger partial charge on any atom is 0.0561 e. The van der Waals surface area contributed by atoms with Crippen molar-refractivity contribution in [1.29, 1.82) is 0 Å². The average Bonchev–Trinajstić information content (AvgIpc) is 2.68. The first-order chi connectivity index (χ1) is 9.28. The molecule has 0 saturated carbocycles. The van der Waals surface area contributed by atoms with Gasteiger partial charge in [-0.15, -0.1) is 0 Å². The van der Waals surface area contributed by atoms with E-state index in [0.717, 1.165) is 30.8 Å². The van der Waals surface area contributed by atoms with Crippen molar-refractivity contribution in [2.24, 2.45) is 0 Å². The Morgan fingerprint density at radius 3 is 2.37 bits per heavy atom.